The predicted octanol–water partition coefficient (Wildman–Crippen LogP) is 24.1. The third kappa shape index (κ3) is 20.1. The molecule has 0 atom stereocenters. The summed E-state index contributed by atoms with van der Waals surface area (Å²) in [7, 11) is -42.3. The Balaban J connectivity index is 1.19. The fourth-order valence-electron chi connectivity index (χ4n) is 13.5. The molecule has 0 amide bonds. The molecule has 6 aliphatic rings. The Morgan fingerprint density at radius 2 is 0.241 bits per heavy atom. The van der Waals surface area contributed by atoms with E-state index < -0.39 is 185 Å². The van der Waals surface area contributed by atoms with Crippen molar-refractivity contribution in [2.45, 2.75) is 72.1 Å². The van der Waals surface area contributed by atoms with Gasteiger partial charge in [-0.05, 0) is 187 Å². The molecule has 6 aliphatic heterocycles. The van der Waals surface area contributed by atoms with Gasteiger partial charge in [-0.3, -0.25) is 0 Å². The van der Waals surface area contributed by atoms with Gasteiger partial charge < -0.3 is 32.9 Å². The highest BCUT2D eigenvalue weighted by molar-refractivity contribution is 7.17. The standard InChI is InChI=1S/C76H56F24O8Si8/c77-69(78,79)61-17-1-53(2-18-61)33-41-109-49-110(42-34-54-3-19-62(20-4-54)70(80,81)82)102-113(45-37-57-9-25-65(26-10-57)73(89,90)91)50-111(101-109,43-35-55-5-21-63(22-6-55)71(83,84)85)107-114(46-38-58-11-27-66(28-12-58)74(92,93)94)51-112(105-109,44-36-56-7-23-64(24-8-56)72(86,87)88)103-115(106-110,47-39-59-13-29-67(30-14-59)75(95,96)97)52-116(104-114,108-113)48-40-60-15-31-68(32-16-60)76(98,99)100/h1-48H,49-52H2. The minimum Gasteiger partial charge on any atom is -0.409 e. The van der Waals surface area contributed by atoms with Crippen molar-refractivity contribution in [3.63, 3.8) is 0 Å². The molecule has 0 aromatic heterocycles. The van der Waals surface area contributed by atoms with Crippen LogP contribution in [0.5, 0.6) is 0 Å². The number of hydrogen-bond donors (Lipinski definition) is 0. The van der Waals surface area contributed by atoms with Crippen molar-refractivity contribution in [2.75, 3.05) is 0 Å². The summed E-state index contributed by atoms with van der Waals surface area (Å²) < 4.78 is 409. The summed E-state index contributed by atoms with van der Waals surface area (Å²) in [6, 6.07) is 28.1. The molecule has 6 heterocycles. The SMILES string of the molecule is FC(F)(F)c1ccc(C=C[Si]23C[Si]4(C=Cc5ccc(C(F)(F)F)cc5)O[Si]5(C=Cc6ccc(C(F)(F)F)cc6)C[Si]6(C=Cc7ccc(C(F)(F)F)cc7)O[Si](C=Cc7ccc(C(F)(F)F)cc7)(C[Si](C=Cc7ccc(C(F)(F)F)cc7)(O2)O5)O[Si](C=Cc2ccc(C(F)(F)F)cc2)(C[Si](C=Cc2ccc(C(F)(F)F)cc2)(O4)O6)O3)cc1. The summed E-state index contributed by atoms with van der Waals surface area (Å²) in [5.41, 5.74) is -1.77. The van der Waals surface area contributed by atoms with Gasteiger partial charge >= 0.3 is 118 Å². The van der Waals surface area contributed by atoms with E-state index in [1.165, 1.54) is 94.2 Å². The maximum absolute atomic E-state index is 14.4. The minimum absolute atomic E-state index is 0.0243. The van der Waals surface area contributed by atoms with Gasteiger partial charge in [0.25, 0.3) is 0 Å². The molecule has 0 saturated carbocycles. The van der Waals surface area contributed by atoms with Gasteiger partial charge in [0.15, 0.2) is 0 Å². The first-order chi connectivity index (χ1) is 54.0. The average molecular weight is 1780 g/mol. The normalized spacial score (nSPS) is 26.6. The molecule has 8 bridgehead atoms. The van der Waals surface area contributed by atoms with Gasteiger partial charge in [-0.25, -0.2) is 0 Å². The van der Waals surface area contributed by atoms with Crippen molar-refractivity contribution < 1.29 is 138 Å². The molecule has 608 valence electrons. The van der Waals surface area contributed by atoms with Crippen LogP contribution in [-0.4, -0.2) is 68.5 Å². The molecule has 8 aromatic carbocycles. The Kier molecular flexibility index (Phi) is 22.8. The van der Waals surface area contributed by atoms with Gasteiger partial charge in [0.05, 0.1) is 44.5 Å². The number of halogens is 24. The number of alkyl halides is 24. The lowest BCUT2D eigenvalue weighted by Gasteiger charge is -2.63. The monoisotopic (exact) mass is 1780 g/mol. The van der Waals surface area contributed by atoms with Gasteiger partial charge in [-0.2, -0.15) is 105 Å². The Morgan fingerprint density at radius 1 is 0.155 bits per heavy atom. The first kappa shape index (κ1) is 85.3. The molecule has 8 nitrogen and oxygen atoms in total. The van der Waals surface area contributed by atoms with E-state index in [1.54, 1.807) is 0 Å². The molecule has 14 rings (SSSR count). The highest BCUT2D eigenvalue weighted by Gasteiger charge is 2.78. The maximum Gasteiger partial charge on any atom is 0.416 e. The summed E-state index contributed by atoms with van der Waals surface area (Å²) in [6.07, 6.45) is -29.2. The average Bonchev–Trinajstić information content (AvgIpc) is 0.684. The molecule has 0 spiro atoms. The molecule has 0 aliphatic carbocycles. The van der Waals surface area contributed by atoms with Crippen LogP contribution in [0.4, 0.5) is 105 Å². The van der Waals surface area contributed by atoms with Crippen LogP contribution in [0.3, 0.4) is 0 Å². The number of hydrogen-bond acceptors (Lipinski definition) is 8. The first-order valence-electron chi connectivity index (χ1n) is 34.5. The second-order valence-corrected chi connectivity index (χ2v) is 55.5. The Bertz CT molecular complexity index is 4100. The molecule has 0 unspecified atom stereocenters. The van der Waals surface area contributed by atoms with E-state index in [9.17, 15) is 105 Å². The molecule has 8 aromatic rings. The van der Waals surface area contributed by atoms with Gasteiger partial charge in [0.1, 0.15) is 0 Å². The second-order valence-electron chi connectivity index (χ2n) is 27.6. The summed E-state index contributed by atoms with van der Waals surface area (Å²) >= 11 is 0. The summed E-state index contributed by atoms with van der Waals surface area (Å²) in [6.45, 7) is 0. The van der Waals surface area contributed by atoms with E-state index in [2.05, 4.69) is 0 Å². The van der Waals surface area contributed by atoms with Gasteiger partial charge in [-0.1, -0.05) is 146 Å². The molecule has 6 fully saturated rings. The lowest BCUT2D eigenvalue weighted by molar-refractivity contribution is -0.138. The summed E-state index contributed by atoms with van der Waals surface area (Å²) in [5.74, 6) is 0. The summed E-state index contributed by atoms with van der Waals surface area (Å²) in [5, 5.41) is 0. The van der Waals surface area contributed by atoms with Gasteiger partial charge in [-0.15, -0.1) is 0 Å². The van der Waals surface area contributed by atoms with E-state index >= 15 is 0 Å². The van der Waals surface area contributed by atoms with Crippen LogP contribution in [0.2, 0.25) is 22.7 Å². The van der Waals surface area contributed by atoms with Crippen LogP contribution < -0.4 is 0 Å². The van der Waals surface area contributed by atoms with E-state index in [1.807, 2.05) is 0 Å². The fourth-order valence-corrected chi connectivity index (χ4v) is 74.3. The van der Waals surface area contributed by atoms with Crippen LogP contribution in [0, 0.1) is 0 Å². The van der Waals surface area contributed by atoms with E-state index in [0.717, 1.165) is 97.1 Å². The van der Waals surface area contributed by atoms with Crippen LogP contribution >= 0.6 is 0 Å². The highest BCUT2D eigenvalue weighted by Crippen LogP contribution is 2.56. The second kappa shape index (κ2) is 31.0. The van der Waals surface area contributed by atoms with E-state index in [4.69, 9.17) is 32.9 Å². The Morgan fingerprint density at radius 3 is 0.319 bits per heavy atom. The van der Waals surface area contributed by atoms with Crippen molar-refractivity contribution >= 4 is 117 Å². The van der Waals surface area contributed by atoms with Gasteiger partial charge in [0.2, 0.25) is 0 Å². The van der Waals surface area contributed by atoms with Crippen molar-refractivity contribution in [3.8, 4) is 0 Å². The zero-order valence-electron chi connectivity index (χ0n) is 58.9. The quantitative estimate of drug-likeness (QED) is 0.0700. The minimum atomic E-state index is -5.29. The van der Waals surface area contributed by atoms with Crippen molar-refractivity contribution in [3.05, 3.63) is 329 Å². The van der Waals surface area contributed by atoms with Crippen molar-refractivity contribution in [2.24, 2.45) is 0 Å². The van der Waals surface area contributed by atoms with Crippen LogP contribution in [0.15, 0.2) is 240 Å². The van der Waals surface area contributed by atoms with Crippen LogP contribution in [0.1, 0.15) is 89.0 Å². The lowest BCUT2D eigenvalue weighted by Crippen LogP contribution is -2.83. The molecule has 6 saturated heterocycles. The van der Waals surface area contributed by atoms with Crippen molar-refractivity contribution in [1.29, 1.82) is 0 Å². The fraction of sp³-hybridized carbons (Fsp3) is 0.158. The van der Waals surface area contributed by atoms with Crippen LogP contribution in [-0.2, 0) is 82.3 Å². The zero-order chi connectivity index (χ0) is 83.7. The van der Waals surface area contributed by atoms with Gasteiger partial charge in [0, 0.05) is 22.7 Å². The lowest BCUT2D eigenvalue weighted by atomic mass is 10.1. The third-order valence-corrected chi connectivity index (χ3v) is 62.2. The first-order valence-corrected chi connectivity index (χ1v) is 51.3. The maximum atomic E-state index is 14.4. The smallest absolute Gasteiger partial charge is 0.409 e. The van der Waals surface area contributed by atoms with E-state index in [0.29, 0.717) is 97.1 Å². The third-order valence-electron chi connectivity index (χ3n) is 18.9. The van der Waals surface area contributed by atoms with E-state index in [-0.39, 0.29) is 44.5 Å². The Hall–Kier alpha value is -8.58. The largest absolute Gasteiger partial charge is 0.416 e. The van der Waals surface area contributed by atoms with Crippen molar-refractivity contribution in [1.82, 2.24) is 0 Å². The molecule has 116 heavy (non-hydrogen) atoms. The zero-order valence-corrected chi connectivity index (χ0v) is 66.9. The topological polar surface area (TPSA) is 73.8 Å². The molecule has 0 radical (unpaired) electrons. The Labute approximate surface area is 652 Å². The summed E-state index contributed by atoms with van der Waals surface area (Å²) in [4.78, 5) is 0. The molecule has 0 N–H and O–H groups in total. The highest BCUT2D eigenvalue weighted by atomic mass is 28.6. The van der Waals surface area contributed by atoms with Crippen LogP contribution in [0.25, 0.3) is 48.6 Å². The molecular formula is C76H56F24O8Si8. The predicted molar refractivity (Wildman–Crippen MR) is 398 cm³/mol. The molecular weight excluding hydrogens is 1720 g/mol. The number of benzene rings is 8. The molecule has 40 heteroatoms. The number of rotatable bonds is 16.